The topological polar surface area (TPSA) is 58.6 Å². The number of carboxylic acids is 1. The van der Waals surface area contributed by atoms with E-state index in [1.807, 2.05) is 0 Å². The van der Waals surface area contributed by atoms with Gasteiger partial charge in [-0.25, -0.2) is 0 Å². The van der Waals surface area contributed by atoms with E-state index in [1.165, 1.54) is 0 Å². The third-order valence-corrected chi connectivity index (χ3v) is 1.39. The molecule has 0 aromatic heterocycles. The number of aliphatic carboxylic acids is 1. The Hall–Kier alpha value is -1.19. The van der Waals surface area contributed by atoms with Gasteiger partial charge in [0.15, 0.2) is 0 Å². The lowest BCUT2D eigenvalue weighted by molar-refractivity contribution is -0.135. The molecule has 0 aromatic carbocycles. The monoisotopic (exact) mass is 187 g/mol. The lowest BCUT2D eigenvalue weighted by Crippen LogP contribution is -2.17. The van der Waals surface area contributed by atoms with Crippen molar-refractivity contribution in [1.82, 2.24) is 5.32 Å². The summed E-state index contributed by atoms with van der Waals surface area (Å²) in [6.07, 6.45) is 2.41. The summed E-state index contributed by atoms with van der Waals surface area (Å²) in [7, 11) is 1.58. The van der Waals surface area contributed by atoms with Crippen molar-refractivity contribution in [3.05, 3.63) is 12.0 Å². The fourth-order valence-corrected chi connectivity index (χ4v) is 0.856. The first-order chi connectivity index (χ1) is 6.06. The van der Waals surface area contributed by atoms with Crippen LogP contribution < -0.4 is 5.32 Å². The zero-order chi connectivity index (χ0) is 10.3. The summed E-state index contributed by atoms with van der Waals surface area (Å²) in [5, 5.41) is 11.0. The Balaban J connectivity index is 3.85. The van der Waals surface area contributed by atoms with Crippen molar-refractivity contribution in [3.8, 4) is 0 Å². The molecule has 0 heterocycles. The zero-order valence-corrected chi connectivity index (χ0v) is 8.33. The predicted octanol–water partition coefficient (Wildman–Crippen LogP) is 1.19. The Morgan fingerprint density at radius 2 is 2.23 bits per heavy atom. The molecule has 0 fully saturated rings. The van der Waals surface area contributed by atoms with E-state index in [1.54, 1.807) is 13.3 Å². The van der Waals surface area contributed by atoms with Crippen LogP contribution in [-0.2, 0) is 9.53 Å². The maximum absolute atomic E-state index is 10.2. The molecule has 0 unspecified atom stereocenters. The summed E-state index contributed by atoms with van der Waals surface area (Å²) < 4.78 is 5.05. The molecule has 0 bridgehead atoms. The molecule has 0 aromatic rings. The van der Waals surface area contributed by atoms with Crippen LogP contribution in [0, 0.1) is 5.92 Å². The van der Waals surface area contributed by atoms with Crippen molar-refractivity contribution in [3.63, 3.8) is 0 Å². The number of rotatable bonds is 6. The Kier molecular flexibility index (Phi) is 5.76. The molecule has 4 nitrogen and oxygen atoms in total. The molecule has 4 heteroatoms. The maximum Gasteiger partial charge on any atom is 0.322 e. The van der Waals surface area contributed by atoms with Gasteiger partial charge in [-0.2, -0.15) is 0 Å². The normalized spacial score (nSPS) is 11.5. The van der Waals surface area contributed by atoms with Crippen LogP contribution >= 0.6 is 0 Å². The fourth-order valence-electron chi connectivity index (χ4n) is 0.856. The van der Waals surface area contributed by atoms with Crippen LogP contribution in [0.1, 0.15) is 20.3 Å². The van der Waals surface area contributed by atoms with Gasteiger partial charge < -0.3 is 15.2 Å². The molecule has 0 aliphatic rings. The number of carbonyl (C=O) groups is 1. The summed E-state index contributed by atoms with van der Waals surface area (Å²) >= 11 is 0. The van der Waals surface area contributed by atoms with E-state index in [4.69, 9.17) is 9.84 Å². The average molecular weight is 187 g/mol. The lowest BCUT2D eigenvalue weighted by Gasteiger charge is -2.08. The minimum atomic E-state index is -0.878. The molecule has 0 saturated carbocycles. The van der Waals surface area contributed by atoms with E-state index < -0.39 is 5.97 Å². The number of hydrogen-bond donors (Lipinski definition) is 2. The first kappa shape index (κ1) is 11.8. The summed E-state index contributed by atoms with van der Waals surface area (Å²) in [6.45, 7) is 4.07. The molecule has 0 spiro atoms. The number of ether oxygens (including phenoxy) is 1. The smallest absolute Gasteiger partial charge is 0.322 e. The van der Waals surface area contributed by atoms with Crippen LogP contribution in [0.25, 0.3) is 0 Å². The summed E-state index contributed by atoms with van der Waals surface area (Å²) in [5.74, 6) is 0.394. The highest BCUT2D eigenvalue weighted by atomic mass is 16.5. The molecular formula is C9H17NO3. The van der Waals surface area contributed by atoms with Gasteiger partial charge in [-0.3, -0.25) is 4.79 Å². The van der Waals surface area contributed by atoms with Crippen molar-refractivity contribution in [2.45, 2.75) is 20.3 Å². The SMILES string of the molecule is CO/C(=C\NCC(=O)O)CC(C)C. The summed E-state index contributed by atoms with van der Waals surface area (Å²) in [4.78, 5) is 10.2. The van der Waals surface area contributed by atoms with Crippen molar-refractivity contribution >= 4 is 5.97 Å². The van der Waals surface area contributed by atoms with Crippen molar-refractivity contribution in [2.24, 2.45) is 5.92 Å². The van der Waals surface area contributed by atoms with Gasteiger partial charge in [0, 0.05) is 12.6 Å². The fraction of sp³-hybridized carbons (Fsp3) is 0.667. The first-order valence-electron chi connectivity index (χ1n) is 4.24. The summed E-state index contributed by atoms with van der Waals surface area (Å²) in [5.41, 5.74) is 0. The number of methoxy groups -OCH3 is 1. The molecule has 0 rings (SSSR count). The van der Waals surface area contributed by atoms with E-state index in [9.17, 15) is 4.79 Å². The van der Waals surface area contributed by atoms with Crippen LogP contribution in [-0.4, -0.2) is 24.7 Å². The van der Waals surface area contributed by atoms with Crippen molar-refractivity contribution in [2.75, 3.05) is 13.7 Å². The molecular weight excluding hydrogens is 170 g/mol. The van der Waals surface area contributed by atoms with Gasteiger partial charge in [0.2, 0.25) is 0 Å². The van der Waals surface area contributed by atoms with Crippen LogP contribution in [0.15, 0.2) is 12.0 Å². The van der Waals surface area contributed by atoms with Gasteiger partial charge in [-0.05, 0) is 5.92 Å². The van der Waals surface area contributed by atoms with Crippen LogP contribution in [0.5, 0.6) is 0 Å². The zero-order valence-electron chi connectivity index (χ0n) is 8.33. The second-order valence-corrected chi connectivity index (χ2v) is 3.19. The van der Waals surface area contributed by atoms with E-state index in [0.717, 1.165) is 12.2 Å². The van der Waals surface area contributed by atoms with Crippen molar-refractivity contribution in [1.29, 1.82) is 0 Å². The quantitative estimate of drug-likeness (QED) is 0.613. The van der Waals surface area contributed by atoms with Gasteiger partial charge >= 0.3 is 5.97 Å². The molecule has 0 saturated heterocycles. The van der Waals surface area contributed by atoms with Gasteiger partial charge in [0.05, 0.1) is 7.11 Å². The van der Waals surface area contributed by atoms with E-state index >= 15 is 0 Å². The molecule has 0 radical (unpaired) electrons. The predicted molar refractivity (Wildman–Crippen MR) is 50.2 cm³/mol. The first-order valence-corrected chi connectivity index (χ1v) is 4.24. The highest BCUT2D eigenvalue weighted by molar-refractivity contribution is 5.69. The third-order valence-electron chi connectivity index (χ3n) is 1.39. The summed E-state index contributed by atoms with van der Waals surface area (Å²) in [6, 6.07) is 0. The van der Waals surface area contributed by atoms with Crippen LogP contribution in [0.2, 0.25) is 0 Å². The highest BCUT2D eigenvalue weighted by Crippen LogP contribution is 2.09. The van der Waals surface area contributed by atoms with Gasteiger partial charge in [0.1, 0.15) is 12.3 Å². The molecule has 0 atom stereocenters. The molecule has 13 heavy (non-hydrogen) atoms. The largest absolute Gasteiger partial charge is 0.500 e. The second-order valence-electron chi connectivity index (χ2n) is 3.19. The highest BCUT2D eigenvalue weighted by Gasteiger charge is 2.00. The minimum Gasteiger partial charge on any atom is -0.500 e. The third kappa shape index (κ3) is 7.18. The van der Waals surface area contributed by atoms with Gasteiger partial charge in [0.25, 0.3) is 0 Å². The molecule has 0 amide bonds. The Morgan fingerprint density at radius 3 is 2.62 bits per heavy atom. The minimum absolute atomic E-state index is 0.0784. The van der Waals surface area contributed by atoms with Gasteiger partial charge in [-0.15, -0.1) is 0 Å². The van der Waals surface area contributed by atoms with E-state index in [0.29, 0.717) is 5.92 Å². The van der Waals surface area contributed by atoms with Crippen molar-refractivity contribution < 1.29 is 14.6 Å². The Labute approximate surface area is 78.6 Å². The molecule has 2 N–H and O–H groups in total. The number of carboxylic acid groups (broad SMARTS) is 1. The van der Waals surface area contributed by atoms with E-state index in [-0.39, 0.29) is 6.54 Å². The van der Waals surface area contributed by atoms with Crippen LogP contribution in [0.3, 0.4) is 0 Å². The Morgan fingerprint density at radius 1 is 1.62 bits per heavy atom. The lowest BCUT2D eigenvalue weighted by atomic mass is 10.1. The number of allylic oxidation sites excluding steroid dienone is 1. The van der Waals surface area contributed by atoms with Gasteiger partial charge in [-0.1, -0.05) is 13.8 Å². The second kappa shape index (κ2) is 6.34. The molecule has 0 aliphatic heterocycles. The standard InChI is InChI=1S/C9H17NO3/c1-7(2)4-8(13-3)5-10-6-9(11)12/h5,7,10H,4,6H2,1-3H3,(H,11,12)/b8-5-. The van der Waals surface area contributed by atoms with Crippen LogP contribution in [0.4, 0.5) is 0 Å². The number of nitrogens with one attached hydrogen (secondary N) is 1. The molecule has 0 aliphatic carbocycles. The molecule has 76 valence electrons. The maximum atomic E-state index is 10.2. The average Bonchev–Trinajstić information content (AvgIpc) is 2.01. The van der Waals surface area contributed by atoms with E-state index in [2.05, 4.69) is 19.2 Å². The Bertz CT molecular complexity index is 187. The number of hydrogen-bond acceptors (Lipinski definition) is 3.